The van der Waals surface area contributed by atoms with Crippen molar-refractivity contribution in [1.82, 2.24) is 0 Å². The molecule has 0 amide bonds. The van der Waals surface area contributed by atoms with E-state index in [1.807, 2.05) is 0 Å². The zero-order valence-corrected chi connectivity index (χ0v) is 26.5. The van der Waals surface area contributed by atoms with Gasteiger partial charge in [-0.15, -0.1) is 0 Å². The second-order valence-electron chi connectivity index (χ2n) is 12.3. The van der Waals surface area contributed by atoms with Crippen LogP contribution in [0.15, 0.2) is 188 Å². The first-order chi connectivity index (χ1) is 23.2. The molecule has 0 aliphatic heterocycles. The first-order valence-electron chi connectivity index (χ1n) is 16.4. The van der Waals surface area contributed by atoms with Gasteiger partial charge < -0.3 is 9.80 Å². The van der Waals surface area contributed by atoms with Crippen LogP contribution in [0.5, 0.6) is 0 Å². The second-order valence-corrected chi connectivity index (χ2v) is 12.3. The molecule has 0 saturated carbocycles. The van der Waals surface area contributed by atoms with Crippen molar-refractivity contribution in [3.8, 4) is 11.1 Å². The van der Waals surface area contributed by atoms with E-state index in [2.05, 4.69) is 199 Å². The fraction of sp³-hybridized carbons (Fsp3) is 0.0667. The van der Waals surface area contributed by atoms with Crippen LogP contribution in [0.4, 0.5) is 28.4 Å². The Morgan fingerprint density at radius 2 is 0.915 bits per heavy atom. The summed E-state index contributed by atoms with van der Waals surface area (Å²) in [5.74, 6) is 0.553. The van der Waals surface area contributed by atoms with Crippen LogP contribution in [0.1, 0.15) is 13.3 Å². The fourth-order valence-corrected chi connectivity index (χ4v) is 6.73. The molecule has 1 atom stereocenters. The normalized spacial score (nSPS) is 14.2. The van der Waals surface area contributed by atoms with Crippen LogP contribution in [0.3, 0.4) is 0 Å². The molecule has 47 heavy (non-hydrogen) atoms. The molecule has 0 spiro atoms. The highest BCUT2D eigenvalue weighted by Crippen LogP contribution is 2.41. The van der Waals surface area contributed by atoms with Crippen LogP contribution in [0.25, 0.3) is 32.7 Å². The van der Waals surface area contributed by atoms with Gasteiger partial charge in [-0.1, -0.05) is 134 Å². The van der Waals surface area contributed by atoms with E-state index in [0.29, 0.717) is 5.92 Å². The standard InChI is InChI=1S/C45H36N2/c1-33-21-27-39(28-22-33)47(45-20-10-14-37-12-6-8-18-43(37)45)41-31-25-35(26-32-41)34-23-29-40(30-24-34)46(38-15-3-2-4-16-38)44-19-9-13-36-11-5-7-17-42(36)44/h2-21,23-33H,22H2,1H3. The maximum absolute atomic E-state index is 2.40. The van der Waals surface area contributed by atoms with Crippen molar-refractivity contribution in [3.05, 3.63) is 188 Å². The Labute approximate surface area is 277 Å². The number of anilines is 5. The third kappa shape index (κ3) is 5.60. The van der Waals surface area contributed by atoms with Crippen molar-refractivity contribution in [2.75, 3.05) is 9.80 Å². The molecule has 1 unspecified atom stereocenters. The Morgan fingerprint density at radius 1 is 0.447 bits per heavy atom. The van der Waals surface area contributed by atoms with Crippen LogP contribution in [0, 0.1) is 5.92 Å². The van der Waals surface area contributed by atoms with Crippen LogP contribution in [-0.2, 0) is 0 Å². The van der Waals surface area contributed by atoms with E-state index >= 15 is 0 Å². The molecule has 0 N–H and O–H groups in total. The maximum atomic E-state index is 2.40. The molecular formula is C45H36N2. The summed E-state index contributed by atoms with van der Waals surface area (Å²) < 4.78 is 0. The molecule has 1 aliphatic rings. The molecule has 0 saturated heterocycles. The molecule has 0 heterocycles. The summed E-state index contributed by atoms with van der Waals surface area (Å²) >= 11 is 0. The molecule has 226 valence electrons. The van der Waals surface area contributed by atoms with E-state index < -0.39 is 0 Å². The zero-order chi connectivity index (χ0) is 31.6. The number of benzene rings is 7. The lowest BCUT2D eigenvalue weighted by molar-refractivity contribution is 0.728. The first-order valence-corrected chi connectivity index (χ1v) is 16.4. The third-order valence-corrected chi connectivity index (χ3v) is 9.17. The number of hydrogen-bond acceptors (Lipinski definition) is 2. The van der Waals surface area contributed by atoms with Gasteiger partial charge in [0.1, 0.15) is 0 Å². The predicted octanol–water partition coefficient (Wildman–Crippen LogP) is 12.7. The van der Waals surface area contributed by atoms with E-state index in [0.717, 1.165) is 23.5 Å². The van der Waals surface area contributed by atoms with Crippen molar-refractivity contribution in [3.63, 3.8) is 0 Å². The number of rotatable bonds is 7. The fourth-order valence-electron chi connectivity index (χ4n) is 6.73. The van der Waals surface area contributed by atoms with Crippen LogP contribution >= 0.6 is 0 Å². The number of fused-ring (bicyclic) bond motifs is 2. The van der Waals surface area contributed by atoms with Crippen LogP contribution < -0.4 is 9.80 Å². The van der Waals surface area contributed by atoms with Gasteiger partial charge >= 0.3 is 0 Å². The van der Waals surface area contributed by atoms with E-state index in [1.54, 1.807) is 0 Å². The largest absolute Gasteiger partial charge is 0.310 e. The van der Waals surface area contributed by atoms with Gasteiger partial charge in [0.2, 0.25) is 0 Å². The predicted molar refractivity (Wildman–Crippen MR) is 201 cm³/mol. The summed E-state index contributed by atoms with van der Waals surface area (Å²) in [7, 11) is 0. The van der Waals surface area contributed by atoms with Crippen LogP contribution in [-0.4, -0.2) is 0 Å². The Bertz CT molecular complexity index is 2220. The average molecular weight is 605 g/mol. The summed E-state index contributed by atoms with van der Waals surface area (Å²) in [6.07, 6.45) is 8.00. The molecule has 0 bridgehead atoms. The second kappa shape index (κ2) is 12.5. The summed E-state index contributed by atoms with van der Waals surface area (Å²) in [6.45, 7) is 2.27. The van der Waals surface area contributed by atoms with Crippen molar-refractivity contribution in [1.29, 1.82) is 0 Å². The molecule has 2 heteroatoms. The Hall–Kier alpha value is -5.86. The van der Waals surface area contributed by atoms with E-state index in [4.69, 9.17) is 0 Å². The molecule has 0 aromatic heterocycles. The monoisotopic (exact) mass is 604 g/mol. The topological polar surface area (TPSA) is 6.48 Å². The van der Waals surface area contributed by atoms with Crippen molar-refractivity contribution in [2.24, 2.45) is 5.92 Å². The highest BCUT2D eigenvalue weighted by Gasteiger charge is 2.19. The molecule has 7 aromatic rings. The van der Waals surface area contributed by atoms with Gasteiger partial charge in [-0.3, -0.25) is 0 Å². The van der Waals surface area contributed by atoms with Crippen molar-refractivity contribution < 1.29 is 0 Å². The number of allylic oxidation sites excluding steroid dienone is 3. The Kier molecular flexibility index (Phi) is 7.61. The number of para-hydroxylation sites is 1. The molecular weight excluding hydrogens is 569 g/mol. The summed E-state index contributed by atoms with van der Waals surface area (Å²) in [5, 5.41) is 4.95. The van der Waals surface area contributed by atoms with Gasteiger partial charge in [-0.2, -0.15) is 0 Å². The average Bonchev–Trinajstić information content (AvgIpc) is 3.14. The lowest BCUT2D eigenvalue weighted by atomic mass is 9.99. The van der Waals surface area contributed by atoms with E-state index in [1.165, 1.54) is 49.7 Å². The Balaban J connectivity index is 1.15. The minimum Gasteiger partial charge on any atom is -0.310 e. The van der Waals surface area contributed by atoms with E-state index in [-0.39, 0.29) is 0 Å². The highest BCUT2D eigenvalue weighted by atomic mass is 15.2. The molecule has 1 aliphatic carbocycles. The minimum absolute atomic E-state index is 0.553. The Morgan fingerprint density at radius 3 is 1.47 bits per heavy atom. The lowest BCUT2D eigenvalue weighted by Gasteiger charge is -2.29. The summed E-state index contributed by atoms with van der Waals surface area (Å²) in [5.41, 5.74) is 9.37. The zero-order valence-electron chi connectivity index (χ0n) is 26.5. The molecule has 0 radical (unpaired) electrons. The minimum atomic E-state index is 0.553. The molecule has 8 rings (SSSR count). The van der Waals surface area contributed by atoms with Gasteiger partial charge in [0.05, 0.1) is 11.4 Å². The highest BCUT2D eigenvalue weighted by molar-refractivity contribution is 5.99. The maximum Gasteiger partial charge on any atom is 0.0540 e. The van der Waals surface area contributed by atoms with Gasteiger partial charge in [-0.25, -0.2) is 0 Å². The first kappa shape index (κ1) is 28.6. The van der Waals surface area contributed by atoms with Gasteiger partial charge in [0, 0.05) is 33.5 Å². The van der Waals surface area contributed by atoms with Crippen LogP contribution in [0.2, 0.25) is 0 Å². The van der Waals surface area contributed by atoms with Gasteiger partial charge in [0.15, 0.2) is 0 Å². The van der Waals surface area contributed by atoms with Gasteiger partial charge in [0.25, 0.3) is 0 Å². The van der Waals surface area contributed by atoms with Crippen molar-refractivity contribution in [2.45, 2.75) is 13.3 Å². The lowest BCUT2D eigenvalue weighted by Crippen LogP contribution is -2.17. The quantitative estimate of drug-likeness (QED) is 0.179. The van der Waals surface area contributed by atoms with Gasteiger partial charge in [-0.05, 0) is 88.8 Å². The molecule has 7 aromatic carbocycles. The summed E-state index contributed by atoms with van der Waals surface area (Å²) in [4.78, 5) is 4.75. The number of hydrogen-bond donors (Lipinski definition) is 0. The molecule has 0 fully saturated rings. The van der Waals surface area contributed by atoms with Crippen molar-refractivity contribution >= 4 is 50.0 Å². The number of nitrogens with zero attached hydrogens (tertiary/aromatic N) is 2. The van der Waals surface area contributed by atoms with E-state index in [9.17, 15) is 0 Å². The smallest absolute Gasteiger partial charge is 0.0540 e. The molecule has 2 nitrogen and oxygen atoms in total. The SMILES string of the molecule is CC1C=CC(N(c2ccc(-c3ccc(N(c4ccccc4)c4cccc5ccccc45)cc3)cc2)c2cccc3ccccc23)=CC1. The third-order valence-electron chi connectivity index (χ3n) is 9.17. The summed E-state index contributed by atoms with van der Waals surface area (Å²) in [6, 6.07) is 58.9.